The molecule has 0 saturated heterocycles. The summed E-state index contributed by atoms with van der Waals surface area (Å²) in [6, 6.07) is 16.2. The van der Waals surface area contributed by atoms with Crippen LogP contribution >= 0.6 is 23.1 Å². The smallest absolute Gasteiger partial charge is 0.229 e. The van der Waals surface area contributed by atoms with Gasteiger partial charge in [-0.15, -0.1) is 23.1 Å². The third kappa shape index (κ3) is 4.50. The third-order valence-electron chi connectivity index (χ3n) is 3.80. The van der Waals surface area contributed by atoms with Crippen LogP contribution in [0.4, 0.5) is 5.69 Å². The summed E-state index contributed by atoms with van der Waals surface area (Å²) in [6.07, 6.45) is 2.35. The number of benzene rings is 2. The van der Waals surface area contributed by atoms with E-state index >= 15 is 0 Å². The topological polar surface area (TPSA) is 42.0 Å². The Morgan fingerprint density at radius 2 is 1.92 bits per heavy atom. The lowest BCUT2D eigenvalue weighted by atomic mass is 10.1. The summed E-state index contributed by atoms with van der Waals surface area (Å²) in [4.78, 5) is 19.3. The SMILES string of the molecule is CSc1cccc(NC(=O)Cc2sc(C)nc2-c2ccc(C)cc2)c1. The number of amides is 1. The average Bonchev–Trinajstić information content (AvgIpc) is 2.95. The van der Waals surface area contributed by atoms with Gasteiger partial charge in [-0.2, -0.15) is 0 Å². The number of aryl methyl sites for hydroxylation is 2. The number of carbonyl (C=O) groups excluding carboxylic acids is 1. The van der Waals surface area contributed by atoms with Gasteiger partial charge in [-0.3, -0.25) is 4.79 Å². The molecule has 3 nitrogen and oxygen atoms in total. The zero-order valence-electron chi connectivity index (χ0n) is 14.5. The largest absolute Gasteiger partial charge is 0.326 e. The van der Waals surface area contributed by atoms with Crippen molar-refractivity contribution in [2.45, 2.75) is 25.2 Å². The third-order valence-corrected chi connectivity index (χ3v) is 5.50. The molecule has 0 spiro atoms. The standard InChI is InChI=1S/C20H20N2OS2/c1-13-7-9-15(10-8-13)20-18(25-14(2)21-20)12-19(23)22-16-5-4-6-17(11-16)24-3/h4-11H,12H2,1-3H3,(H,22,23). The molecule has 0 aliphatic rings. The molecule has 0 bridgehead atoms. The van der Waals surface area contributed by atoms with E-state index in [4.69, 9.17) is 0 Å². The van der Waals surface area contributed by atoms with Crippen LogP contribution in [0.3, 0.4) is 0 Å². The first-order valence-corrected chi connectivity index (χ1v) is 10.1. The summed E-state index contributed by atoms with van der Waals surface area (Å²) in [6.45, 7) is 4.04. The van der Waals surface area contributed by atoms with E-state index in [-0.39, 0.29) is 5.91 Å². The van der Waals surface area contributed by atoms with E-state index in [1.54, 1.807) is 23.1 Å². The van der Waals surface area contributed by atoms with Gasteiger partial charge in [0.1, 0.15) is 0 Å². The Balaban J connectivity index is 1.78. The zero-order valence-corrected chi connectivity index (χ0v) is 16.1. The van der Waals surface area contributed by atoms with E-state index < -0.39 is 0 Å². The van der Waals surface area contributed by atoms with Crippen molar-refractivity contribution in [1.82, 2.24) is 4.98 Å². The fourth-order valence-corrected chi connectivity index (χ4v) is 3.99. The van der Waals surface area contributed by atoms with Crippen molar-refractivity contribution in [1.29, 1.82) is 0 Å². The molecule has 0 unspecified atom stereocenters. The summed E-state index contributed by atoms with van der Waals surface area (Å²) in [5.41, 5.74) is 4.01. The molecule has 0 aliphatic heterocycles. The molecule has 2 aromatic carbocycles. The number of aromatic nitrogens is 1. The van der Waals surface area contributed by atoms with Gasteiger partial charge in [0.25, 0.3) is 0 Å². The second-order valence-corrected chi connectivity index (χ2v) is 7.99. The summed E-state index contributed by atoms with van der Waals surface area (Å²) in [5.74, 6) is -0.0183. The minimum absolute atomic E-state index is 0.0183. The summed E-state index contributed by atoms with van der Waals surface area (Å²) in [7, 11) is 0. The second-order valence-electron chi connectivity index (χ2n) is 5.83. The van der Waals surface area contributed by atoms with Gasteiger partial charge in [-0.25, -0.2) is 4.98 Å². The quantitative estimate of drug-likeness (QED) is 0.619. The van der Waals surface area contributed by atoms with E-state index in [9.17, 15) is 4.79 Å². The Hall–Kier alpha value is -2.11. The molecule has 128 valence electrons. The predicted octanol–water partition coefficient (Wildman–Crippen LogP) is 5.33. The van der Waals surface area contributed by atoms with Gasteiger partial charge in [0, 0.05) is 21.0 Å². The van der Waals surface area contributed by atoms with Gasteiger partial charge >= 0.3 is 0 Å². The van der Waals surface area contributed by atoms with Crippen molar-refractivity contribution in [3.05, 3.63) is 64.0 Å². The maximum atomic E-state index is 12.5. The first-order chi connectivity index (χ1) is 12.0. The number of carbonyl (C=O) groups is 1. The fraction of sp³-hybridized carbons (Fsp3) is 0.200. The molecule has 1 aromatic heterocycles. The van der Waals surface area contributed by atoms with Crippen LogP contribution < -0.4 is 5.32 Å². The van der Waals surface area contributed by atoms with Crippen LogP contribution in [0, 0.1) is 13.8 Å². The van der Waals surface area contributed by atoms with Gasteiger partial charge in [0.2, 0.25) is 5.91 Å². The van der Waals surface area contributed by atoms with Crippen molar-refractivity contribution in [3.8, 4) is 11.3 Å². The van der Waals surface area contributed by atoms with Gasteiger partial charge in [0.05, 0.1) is 17.1 Å². The minimum atomic E-state index is -0.0183. The van der Waals surface area contributed by atoms with Crippen LogP contribution in [-0.2, 0) is 11.2 Å². The molecular formula is C20H20N2OS2. The van der Waals surface area contributed by atoms with Crippen molar-refractivity contribution < 1.29 is 4.79 Å². The molecule has 0 radical (unpaired) electrons. The normalized spacial score (nSPS) is 10.7. The Kier molecular flexibility index (Phi) is 5.56. The Morgan fingerprint density at radius 3 is 2.64 bits per heavy atom. The maximum absolute atomic E-state index is 12.5. The molecule has 3 aromatic rings. The van der Waals surface area contributed by atoms with Gasteiger partial charge < -0.3 is 5.32 Å². The van der Waals surface area contributed by atoms with Crippen LogP contribution in [0.1, 0.15) is 15.4 Å². The predicted molar refractivity (Wildman–Crippen MR) is 108 cm³/mol. The molecule has 0 fully saturated rings. The summed E-state index contributed by atoms with van der Waals surface area (Å²) in [5, 5.41) is 3.96. The number of nitrogens with zero attached hydrogens (tertiary/aromatic N) is 1. The van der Waals surface area contributed by atoms with Crippen LogP contribution in [0.25, 0.3) is 11.3 Å². The van der Waals surface area contributed by atoms with E-state index in [1.165, 1.54) is 5.56 Å². The highest BCUT2D eigenvalue weighted by Gasteiger charge is 2.15. The summed E-state index contributed by atoms with van der Waals surface area (Å²) >= 11 is 3.24. The Labute approximate surface area is 156 Å². The van der Waals surface area contributed by atoms with E-state index in [0.717, 1.165) is 31.7 Å². The molecule has 1 heterocycles. The number of hydrogen-bond donors (Lipinski definition) is 1. The minimum Gasteiger partial charge on any atom is -0.326 e. The second kappa shape index (κ2) is 7.85. The highest BCUT2D eigenvalue weighted by atomic mass is 32.2. The number of thiazole rings is 1. The molecule has 3 rings (SSSR count). The highest BCUT2D eigenvalue weighted by Crippen LogP contribution is 2.29. The number of anilines is 1. The van der Waals surface area contributed by atoms with Crippen molar-refractivity contribution in [3.63, 3.8) is 0 Å². The lowest BCUT2D eigenvalue weighted by Crippen LogP contribution is -2.14. The average molecular weight is 369 g/mol. The van der Waals surface area contributed by atoms with Crippen molar-refractivity contribution >= 4 is 34.7 Å². The Morgan fingerprint density at radius 1 is 1.16 bits per heavy atom. The zero-order chi connectivity index (χ0) is 17.8. The van der Waals surface area contributed by atoms with Crippen LogP contribution in [0.15, 0.2) is 53.4 Å². The van der Waals surface area contributed by atoms with Gasteiger partial charge in [-0.1, -0.05) is 35.9 Å². The lowest BCUT2D eigenvalue weighted by molar-refractivity contribution is -0.115. The van der Waals surface area contributed by atoms with E-state index in [1.807, 2.05) is 37.4 Å². The maximum Gasteiger partial charge on any atom is 0.229 e. The molecule has 0 atom stereocenters. The van der Waals surface area contributed by atoms with Gasteiger partial charge in [-0.05, 0) is 38.3 Å². The molecule has 25 heavy (non-hydrogen) atoms. The van der Waals surface area contributed by atoms with E-state index in [0.29, 0.717) is 6.42 Å². The molecular weight excluding hydrogens is 348 g/mol. The van der Waals surface area contributed by atoms with Crippen LogP contribution in [0.5, 0.6) is 0 Å². The van der Waals surface area contributed by atoms with Crippen LogP contribution in [0.2, 0.25) is 0 Å². The number of hydrogen-bond acceptors (Lipinski definition) is 4. The summed E-state index contributed by atoms with van der Waals surface area (Å²) < 4.78 is 0. The number of thioether (sulfide) groups is 1. The monoisotopic (exact) mass is 368 g/mol. The van der Waals surface area contributed by atoms with Crippen molar-refractivity contribution in [2.24, 2.45) is 0 Å². The van der Waals surface area contributed by atoms with Gasteiger partial charge in [0.15, 0.2) is 0 Å². The first-order valence-electron chi connectivity index (χ1n) is 8.02. The molecule has 1 N–H and O–H groups in total. The fourth-order valence-electron chi connectivity index (χ4n) is 2.58. The van der Waals surface area contributed by atoms with Crippen molar-refractivity contribution in [2.75, 3.05) is 11.6 Å². The first kappa shape index (κ1) is 17.7. The Bertz CT molecular complexity index is 885. The lowest BCUT2D eigenvalue weighted by Gasteiger charge is -2.07. The molecule has 1 amide bonds. The van der Waals surface area contributed by atoms with Crippen LogP contribution in [-0.4, -0.2) is 17.1 Å². The highest BCUT2D eigenvalue weighted by molar-refractivity contribution is 7.98. The molecule has 5 heteroatoms. The van der Waals surface area contributed by atoms with E-state index in [2.05, 4.69) is 41.5 Å². The molecule has 0 aliphatic carbocycles. The number of rotatable bonds is 5. The molecule has 0 saturated carbocycles. The number of nitrogens with one attached hydrogen (secondary N) is 1.